The van der Waals surface area contributed by atoms with Gasteiger partial charge in [-0.3, -0.25) is 4.79 Å². The zero-order valence-electron chi connectivity index (χ0n) is 10.5. The van der Waals surface area contributed by atoms with Crippen LogP contribution in [0.2, 0.25) is 0 Å². The Balaban J connectivity index is 2.21. The molecule has 1 heterocycles. The smallest absolute Gasteiger partial charge is 0.261 e. The lowest BCUT2D eigenvalue weighted by Crippen LogP contribution is -2.23. The molecule has 0 radical (unpaired) electrons. The summed E-state index contributed by atoms with van der Waals surface area (Å²) in [4.78, 5) is 13.8. The van der Waals surface area contributed by atoms with Gasteiger partial charge in [-0.15, -0.1) is 22.9 Å². The van der Waals surface area contributed by atoms with Gasteiger partial charge in [0.05, 0.1) is 4.88 Å². The molecule has 2 nitrogen and oxygen atoms in total. The fourth-order valence-electron chi connectivity index (χ4n) is 1.55. The summed E-state index contributed by atoms with van der Waals surface area (Å²) in [6.45, 7) is 4.84. The standard InChI is InChI=1S/C13H20ClNOS/c1-10-9-12(17-11(10)2)13(16)15-8-6-4-3-5-7-14/h9H,3-8H2,1-2H3,(H,15,16). The minimum absolute atomic E-state index is 0.0588. The van der Waals surface area contributed by atoms with Crippen LogP contribution in [0.25, 0.3) is 0 Å². The SMILES string of the molecule is Cc1cc(C(=O)NCCCCCCCl)sc1C. The fourth-order valence-corrected chi connectivity index (χ4v) is 2.69. The third-order valence-electron chi connectivity index (χ3n) is 2.74. The minimum Gasteiger partial charge on any atom is -0.351 e. The Morgan fingerprint density at radius 2 is 2.00 bits per heavy atom. The summed E-state index contributed by atoms with van der Waals surface area (Å²) < 4.78 is 0. The summed E-state index contributed by atoms with van der Waals surface area (Å²) >= 11 is 7.16. The molecule has 0 bridgehead atoms. The first-order valence-electron chi connectivity index (χ1n) is 6.06. The van der Waals surface area contributed by atoms with Gasteiger partial charge in [0.25, 0.3) is 5.91 Å². The average Bonchev–Trinajstić information content (AvgIpc) is 2.64. The molecule has 17 heavy (non-hydrogen) atoms. The van der Waals surface area contributed by atoms with E-state index in [2.05, 4.69) is 5.32 Å². The van der Waals surface area contributed by atoms with E-state index in [0.29, 0.717) is 0 Å². The molecule has 0 aromatic carbocycles. The quantitative estimate of drug-likeness (QED) is 0.593. The van der Waals surface area contributed by atoms with Gasteiger partial charge in [0.2, 0.25) is 0 Å². The van der Waals surface area contributed by atoms with Gasteiger partial charge in [0.15, 0.2) is 0 Å². The van der Waals surface area contributed by atoms with Crippen LogP contribution in [-0.4, -0.2) is 18.3 Å². The van der Waals surface area contributed by atoms with Crippen molar-refractivity contribution in [1.82, 2.24) is 5.32 Å². The van der Waals surface area contributed by atoms with E-state index in [4.69, 9.17) is 11.6 Å². The number of unbranched alkanes of at least 4 members (excludes halogenated alkanes) is 3. The second-order valence-corrected chi connectivity index (χ2v) is 5.84. The number of aryl methyl sites for hydroxylation is 2. The van der Waals surface area contributed by atoms with E-state index in [9.17, 15) is 4.79 Å². The number of nitrogens with one attached hydrogen (secondary N) is 1. The minimum atomic E-state index is 0.0588. The monoisotopic (exact) mass is 273 g/mol. The molecule has 0 fully saturated rings. The van der Waals surface area contributed by atoms with E-state index >= 15 is 0 Å². The van der Waals surface area contributed by atoms with Crippen LogP contribution in [-0.2, 0) is 0 Å². The third-order valence-corrected chi connectivity index (χ3v) is 4.15. The Hall–Kier alpha value is -0.540. The van der Waals surface area contributed by atoms with E-state index in [1.807, 2.05) is 19.9 Å². The molecule has 1 rings (SSSR count). The Morgan fingerprint density at radius 3 is 2.59 bits per heavy atom. The number of hydrogen-bond donors (Lipinski definition) is 1. The number of carbonyl (C=O) groups is 1. The van der Waals surface area contributed by atoms with Crippen molar-refractivity contribution in [2.45, 2.75) is 39.5 Å². The van der Waals surface area contributed by atoms with Gasteiger partial charge in [-0.25, -0.2) is 0 Å². The molecule has 0 atom stereocenters. The predicted molar refractivity (Wildman–Crippen MR) is 75.3 cm³/mol. The first-order chi connectivity index (χ1) is 8.15. The van der Waals surface area contributed by atoms with Crippen LogP contribution >= 0.6 is 22.9 Å². The molecule has 0 unspecified atom stereocenters. The molecule has 4 heteroatoms. The lowest BCUT2D eigenvalue weighted by Gasteiger charge is -2.02. The van der Waals surface area contributed by atoms with E-state index in [1.54, 1.807) is 11.3 Å². The zero-order valence-corrected chi connectivity index (χ0v) is 12.1. The van der Waals surface area contributed by atoms with Crippen molar-refractivity contribution in [2.75, 3.05) is 12.4 Å². The summed E-state index contributed by atoms with van der Waals surface area (Å²) in [6, 6.07) is 1.96. The van der Waals surface area contributed by atoms with Gasteiger partial charge in [-0.05, 0) is 38.3 Å². The number of hydrogen-bond acceptors (Lipinski definition) is 2. The van der Waals surface area contributed by atoms with Crippen molar-refractivity contribution in [2.24, 2.45) is 0 Å². The Kier molecular flexibility index (Phi) is 6.60. The van der Waals surface area contributed by atoms with Gasteiger partial charge >= 0.3 is 0 Å². The molecule has 0 aliphatic heterocycles. The van der Waals surface area contributed by atoms with Crippen LogP contribution in [0.1, 0.15) is 45.8 Å². The summed E-state index contributed by atoms with van der Waals surface area (Å²) in [6.07, 6.45) is 4.39. The summed E-state index contributed by atoms with van der Waals surface area (Å²) in [7, 11) is 0. The molecular formula is C13H20ClNOS. The number of halogens is 1. The summed E-state index contributed by atoms with van der Waals surface area (Å²) in [5.74, 6) is 0.795. The number of alkyl halides is 1. The van der Waals surface area contributed by atoms with Crippen molar-refractivity contribution in [3.05, 3.63) is 21.4 Å². The number of rotatable bonds is 7. The second kappa shape index (κ2) is 7.72. The molecule has 0 saturated carbocycles. The highest BCUT2D eigenvalue weighted by atomic mass is 35.5. The molecule has 96 valence electrons. The van der Waals surface area contributed by atoms with Crippen LogP contribution in [0.15, 0.2) is 6.07 Å². The Labute approximate surface area is 112 Å². The maximum atomic E-state index is 11.8. The maximum absolute atomic E-state index is 11.8. The van der Waals surface area contributed by atoms with Gasteiger partial charge in [-0.1, -0.05) is 12.8 Å². The molecular weight excluding hydrogens is 254 g/mol. The lowest BCUT2D eigenvalue weighted by atomic mass is 10.2. The first kappa shape index (κ1) is 14.5. The molecule has 1 amide bonds. The predicted octanol–water partition coefficient (Wildman–Crippen LogP) is 3.89. The van der Waals surface area contributed by atoms with E-state index < -0.39 is 0 Å². The molecule has 1 N–H and O–H groups in total. The third kappa shape index (κ3) is 5.09. The molecule has 0 spiro atoms. The summed E-state index contributed by atoms with van der Waals surface area (Å²) in [5.41, 5.74) is 1.20. The van der Waals surface area contributed by atoms with Crippen LogP contribution in [0.3, 0.4) is 0 Å². The number of thiophene rings is 1. The van der Waals surface area contributed by atoms with Gasteiger partial charge in [0.1, 0.15) is 0 Å². The van der Waals surface area contributed by atoms with Crippen molar-refractivity contribution in [3.63, 3.8) is 0 Å². The normalized spacial score (nSPS) is 10.5. The second-order valence-electron chi connectivity index (χ2n) is 4.21. The van der Waals surface area contributed by atoms with Crippen LogP contribution in [0.5, 0.6) is 0 Å². The van der Waals surface area contributed by atoms with Crippen molar-refractivity contribution < 1.29 is 4.79 Å². The molecule has 0 aliphatic rings. The van der Waals surface area contributed by atoms with E-state index in [0.717, 1.165) is 43.0 Å². The zero-order chi connectivity index (χ0) is 12.7. The highest BCUT2D eigenvalue weighted by Gasteiger charge is 2.09. The topological polar surface area (TPSA) is 29.1 Å². The molecule has 1 aromatic rings. The van der Waals surface area contributed by atoms with Gasteiger partial charge in [-0.2, -0.15) is 0 Å². The maximum Gasteiger partial charge on any atom is 0.261 e. The van der Waals surface area contributed by atoms with Gasteiger partial charge < -0.3 is 5.32 Å². The molecule has 0 saturated heterocycles. The molecule has 1 aromatic heterocycles. The van der Waals surface area contributed by atoms with Crippen LogP contribution in [0.4, 0.5) is 0 Å². The number of carbonyl (C=O) groups excluding carboxylic acids is 1. The Morgan fingerprint density at radius 1 is 1.29 bits per heavy atom. The van der Waals surface area contributed by atoms with Crippen molar-refractivity contribution >= 4 is 28.8 Å². The highest BCUT2D eigenvalue weighted by Crippen LogP contribution is 2.20. The van der Waals surface area contributed by atoms with E-state index in [-0.39, 0.29) is 5.91 Å². The fraction of sp³-hybridized carbons (Fsp3) is 0.615. The number of amides is 1. The van der Waals surface area contributed by atoms with Crippen LogP contribution in [0, 0.1) is 13.8 Å². The summed E-state index contributed by atoms with van der Waals surface area (Å²) in [5, 5.41) is 2.95. The van der Waals surface area contributed by atoms with E-state index in [1.165, 1.54) is 10.4 Å². The van der Waals surface area contributed by atoms with Crippen molar-refractivity contribution in [3.8, 4) is 0 Å². The van der Waals surface area contributed by atoms with Crippen molar-refractivity contribution in [1.29, 1.82) is 0 Å². The van der Waals surface area contributed by atoms with Crippen LogP contribution < -0.4 is 5.32 Å². The largest absolute Gasteiger partial charge is 0.351 e. The van der Waals surface area contributed by atoms with Gasteiger partial charge in [0, 0.05) is 17.3 Å². The Bertz CT molecular complexity index is 343. The first-order valence-corrected chi connectivity index (χ1v) is 7.41. The molecule has 0 aliphatic carbocycles. The lowest BCUT2D eigenvalue weighted by molar-refractivity contribution is 0.0957. The average molecular weight is 274 g/mol. The highest BCUT2D eigenvalue weighted by molar-refractivity contribution is 7.14.